The normalized spacial score (nSPS) is 11.3. The molecule has 7 nitrogen and oxygen atoms in total. The monoisotopic (exact) mass is 554 g/mol. The van der Waals surface area contributed by atoms with Gasteiger partial charge in [-0.15, -0.1) is 0 Å². The third-order valence-electron chi connectivity index (χ3n) is 5.42. The number of nitrogens with one attached hydrogen (secondary N) is 2. The molecule has 0 saturated carbocycles. The van der Waals surface area contributed by atoms with Crippen LogP contribution >= 0.6 is 20.7 Å². The largest absolute Gasteiger partial charge is 0.484 e. The number of alkyl halides is 3. The first-order chi connectivity index (χ1) is 18.3. The SMILES string of the molecule is O=C(COc1ccc(-c2cssc2=O)cc1)Nc1ccc2ncnc(Nc3cccc(C(F)(F)F)c3)c2c1. The Morgan fingerprint density at radius 3 is 2.53 bits per heavy atom. The van der Waals surface area contributed by atoms with E-state index in [0.717, 1.165) is 17.7 Å². The molecule has 0 aliphatic rings. The summed E-state index contributed by atoms with van der Waals surface area (Å²) < 4.78 is 44.8. The number of hydrogen-bond donors (Lipinski definition) is 2. The Morgan fingerprint density at radius 2 is 1.79 bits per heavy atom. The Morgan fingerprint density at radius 1 is 0.974 bits per heavy atom. The van der Waals surface area contributed by atoms with Crippen molar-refractivity contribution in [1.29, 1.82) is 0 Å². The van der Waals surface area contributed by atoms with Crippen LogP contribution in [-0.4, -0.2) is 22.5 Å². The van der Waals surface area contributed by atoms with Crippen molar-refractivity contribution in [2.75, 3.05) is 17.2 Å². The Hall–Kier alpha value is -4.29. The number of hydrogen-bond acceptors (Lipinski definition) is 8. The third kappa shape index (κ3) is 5.82. The quantitative estimate of drug-likeness (QED) is 0.221. The van der Waals surface area contributed by atoms with Gasteiger partial charge in [-0.2, -0.15) is 13.2 Å². The molecule has 2 heterocycles. The van der Waals surface area contributed by atoms with Gasteiger partial charge in [0.15, 0.2) is 6.61 Å². The van der Waals surface area contributed by atoms with Crippen molar-refractivity contribution in [3.63, 3.8) is 0 Å². The van der Waals surface area contributed by atoms with Crippen LogP contribution in [0.5, 0.6) is 5.75 Å². The van der Waals surface area contributed by atoms with E-state index in [2.05, 4.69) is 20.6 Å². The minimum absolute atomic E-state index is 0.00276. The summed E-state index contributed by atoms with van der Waals surface area (Å²) in [6, 6.07) is 16.6. The van der Waals surface area contributed by atoms with Crippen LogP contribution < -0.4 is 20.1 Å². The number of halogens is 3. The average molecular weight is 555 g/mol. The molecule has 5 rings (SSSR count). The second kappa shape index (κ2) is 10.6. The number of carbonyl (C=O) groups is 1. The first-order valence-corrected chi connectivity index (χ1v) is 13.3. The zero-order valence-electron chi connectivity index (χ0n) is 19.3. The molecule has 0 aliphatic heterocycles. The molecule has 0 spiro atoms. The van der Waals surface area contributed by atoms with Crippen molar-refractivity contribution in [2.45, 2.75) is 6.18 Å². The fourth-order valence-corrected chi connectivity index (χ4v) is 5.40. The van der Waals surface area contributed by atoms with E-state index >= 15 is 0 Å². The van der Waals surface area contributed by atoms with Crippen LogP contribution in [-0.2, 0) is 11.0 Å². The standard InChI is InChI=1S/C26H17F3N4O3S2/c27-26(28,29)16-2-1-3-17(10-16)33-24-20-11-18(6-9-22(20)30-14-31-24)32-23(34)12-36-19-7-4-15(5-8-19)21-13-37-38-25(21)35/h1-11,13-14H,12H2,(H,32,34)(H,30,31,33). The van der Waals surface area contributed by atoms with E-state index in [0.29, 0.717) is 27.9 Å². The molecular weight excluding hydrogens is 537 g/mol. The molecule has 1 amide bonds. The number of anilines is 3. The van der Waals surface area contributed by atoms with Gasteiger partial charge in [0.05, 0.1) is 16.6 Å². The lowest BCUT2D eigenvalue weighted by molar-refractivity contribution is -0.137. The minimum atomic E-state index is -4.47. The van der Waals surface area contributed by atoms with E-state index in [1.165, 1.54) is 39.1 Å². The summed E-state index contributed by atoms with van der Waals surface area (Å²) in [4.78, 5) is 32.7. The van der Waals surface area contributed by atoms with Crippen molar-refractivity contribution >= 4 is 54.7 Å². The number of fused-ring (bicyclic) bond motifs is 1. The van der Waals surface area contributed by atoms with Crippen LogP contribution in [0, 0.1) is 0 Å². The topological polar surface area (TPSA) is 93.2 Å². The molecule has 0 radical (unpaired) electrons. The summed E-state index contributed by atoms with van der Waals surface area (Å²) in [6.45, 7) is -0.259. The first kappa shape index (κ1) is 25.4. The van der Waals surface area contributed by atoms with Crippen LogP contribution in [0.1, 0.15) is 5.56 Å². The molecule has 12 heteroatoms. The molecule has 0 saturated heterocycles. The highest BCUT2D eigenvalue weighted by Crippen LogP contribution is 2.32. The lowest BCUT2D eigenvalue weighted by atomic mass is 10.1. The van der Waals surface area contributed by atoms with Gasteiger partial charge in [-0.1, -0.05) is 28.5 Å². The molecule has 0 bridgehead atoms. The predicted molar refractivity (Wildman–Crippen MR) is 142 cm³/mol. The van der Waals surface area contributed by atoms with Gasteiger partial charge in [0.25, 0.3) is 10.6 Å². The lowest BCUT2D eigenvalue weighted by Crippen LogP contribution is -2.20. The zero-order chi connectivity index (χ0) is 26.7. The van der Waals surface area contributed by atoms with Gasteiger partial charge in [0.1, 0.15) is 17.9 Å². The molecule has 0 aliphatic carbocycles. The highest BCUT2D eigenvalue weighted by molar-refractivity contribution is 7.68. The van der Waals surface area contributed by atoms with Crippen molar-refractivity contribution < 1.29 is 22.7 Å². The van der Waals surface area contributed by atoms with Crippen molar-refractivity contribution in [3.8, 4) is 16.9 Å². The molecule has 192 valence electrons. The predicted octanol–water partition coefficient (Wildman–Crippen LogP) is 6.56. The van der Waals surface area contributed by atoms with Crippen LogP contribution in [0.4, 0.5) is 30.4 Å². The first-order valence-electron chi connectivity index (χ1n) is 11.1. The van der Waals surface area contributed by atoms with Gasteiger partial charge >= 0.3 is 6.18 Å². The maximum Gasteiger partial charge on any atom is 0.416 e. The van der Waals surface area contributed by atoms with Crippen LogP contribution in [0.2, 0.25) is 0 Å². The molecule has 0 atom stereocenters. The van der Waals surface area contributed by atoms with E-state index in [4.69, 9.17) is 4.74 Å². The van der Waals surface area contributed by atoms with Crippen LogP contribution in [0.25, 0.3) is 22.0 Å². The summed E-state index contributed by atoms with van der Waals surface area (Å²) in [5.41, 5.74) is 1.80. The minimum Gasteiger partial charge on any atom is -0.484 e. The second-order valence-corrected chi connectivity index (χ2v) is 10.1. The highest BCUT2D eigenvalue weighted by atomic mass is 32.9. The zero-order valence-corrected chi connectivity index (χ0v) is 20.9. The molecule has 5 aromatic rings. The van der Waals surface area contributed by atoms with Gasteiger partial charge in [-0.3, -0.25) is 9.59 Å². The van der Waals surface area contributed by atoms with Gasteiger partial charge < -0.3 is 15.4 Å². The summed E-state index contributed by atoms with van der Waals surface area (Å²) in [5, 5.41) is 7.93. The Kier molecular flexibility index (Phi) is 7.07. The van der Waals surface area contributed by atoms with Crippen molar-refractivity contribution in [3.05, 3.63) is 93.5 Å². The number of aromatic nitrogens is 2. The molecular formula is C26H17F3N4O3S2. The fraction of sp³-hybridized carbons (Fsp3) is 0.0769. The Bertz CT molecular complexity index is 1670. The molecule has 2 N–H and O–H groups in total. The summed E-state index contributed by atoms with van der Waals surface area (Å²) in [5.74, 6) is 0.336. The number of ether oxygens (including phenoxy) is 1. The van der Waals surface area contributed by atoms with E-state index < -0.39 is 17.6 Å². The Labute approximate surface area is 221 Å². The summed E-state index contributed by atoms with van der Waals surface area (Å²) in [7, 11) is 2.55. The summed E-state index contributed by atoms with van der Waals surface area (Å²) in [6.07, 6.45) is -3.18. The maximum atomic E-state index is 13.1. The lowest BCUT2D eigenvalue weighted by Gasteiger charge is -2.12. The molecule has 38 heavy (non-hydrogen) atoms. The number of rotatable bonds is 7. The molecule has 0 fully saturated rings. The van der Waals surface area contributed by atoms with Crippen molar-refractivity contribution in [1.82, 2.24) is 9.97 Å². The molecule has 2 aromatic heterocycles. The third-order valence-corrected chi connectivity index (χ3v) is 7.25. The van der Waals surface area contributed by atoms with E-state index in [9.17, 15) is 22.8 Å². The number of carbonyl (C=O) groups excluding carboxylic acids is 1. The average Bonchev–Trinajstić information content (AvgIpc) is 3.33. The fourth-order valence-electron chi connectivity index (χ4n) is 3.62. The summed E-state index contributed by atoms with van der Waals surface area (Å²) >= 11 is 0. The van der Waals surface area contributed by atoms with Crippen LogP contribution in [0.15, 0.2) is 83.2 Å². The number of nitrogens with zero attached hydrogens (tertiary/aromatic N) is 2. The van der Waals surface area contributed by atoms with Gasteiger partial charge in [-0.25, -0.2) is 9.97 Å². The van der Waals surface area contributed by atoms with Crippen molar-refractivity contribution in [2.24, 2.45) is 0 Å². The smallest absolute Gasteiger partial charge is 0.416 e. The van der Waals surface area contributed by atoms with E-state index in [1.807, 2.05) is 0 Å². The second-order valence-electron chi connectivity index (χ2n) is 8.02. The molecule has 3 aromatic carbocycles. The maximum absolute atomic E-state index is 13.1. The van der Waals surface area contributed by atoms with Gasteiger partial charge in [0.2, 0.25) is 0 Å². The van der Waals surface area contributed by atoms with Gasteiger partial charge in [-0.05, 0) is 64.4 Å². The Balaban J connectivity index is 1.26. The molecule has 0 unspecified atom stereocenters. The van der Waals surface area contributed by atoms with E-state index in [1.54, 1.807) is 47.8 Å². The van der Waals surface area contributed by atoms with Gasteiger partial charge in [0, 0.05) is 22.1 Å². The van der Waals surface area contributed by atoms with E-state index in [-0.39, 0.29) is 22.9 Å². The number of benzene rings is 3. The highest BCUT2D eigenvalue weighted by Gasteiger charge is 2.30. The number of amides is 1. The van der Waals surface area contributed by atoms with Crippen LogP contribution in [0.3, 0.4) is 0 Å².